The number of allylic oxidation sites excluding steroid dienone is 4. The number of aromatic amines is 1. The number of hydrogen-bond acceptors (Lipinski definition) is 7. The molecule has 4 fully saturated rings. The van der Waals surface area contributed by atoms with E-state index in [1.54, 1.807) is 0 Å². The molecule has 8 rings (SSSR count). The van der Waals surface area contributed by atoms with Crippen LogP contribution in [0.5, 0.6) is 0 Å². The molecule has 0 spiro atoms. The lowest BCUT2D eigenvalue weighted by Gasteiger charge is -2.35. The van der Waals surface area contributed by atoms with Gasteiger partial charge in [-0.3, -0.25) is 9.59 Å². The zero-order chi connectivity index (χ0) is 40.9. The van der Waals surface area contributed by atoms with Gasteiger partial charge in [0.25, 0.3) is 0 Å². The van der Waals surface area contributed by atoms with Crippen molar-refractivity contribution in [2.75, 3.05) is 46.6 Å². The van der Waals surface area contributed by atoms with Crippen molar-refractivity contribution < 1.29 is 28.6 Å². The van der Waals surface area contributed by atoms with Gasteiger partial charge in [-0.2, -0.15) is 0 Å². The first-order chi connectivity index (χ1) is 28.8. The fourth-order valence-corrected chi connectivity index (χ4v) is 10.1. The third-order valence-electron chi connectivity index (χ3n) is 13.5. The van der Waals surface area contributed by atoms with Crippen molar-refractivity contribution in [2.45, 2.75) is 89.3 Å². The minimum atomic E-state index is -0.635. The lowest BCUT2D eigenvalue weighted by molar-refractivity contribution is -0.139. The summed E-state index contributed by atoms with van der Waals surface area (Å²) in [6.07, 6.45) is 14.1. The van der Waals surface area contributed by atoms with Gasteiger partial charge in [-0.1, -0.05) is 67.6 Å². The maximum Gasteiger partial charge on any atom is 0.407 e. The van der Waals surface area contributed by atoms with Crippen molar-refractivity contribution in [3.63, 3.8) is 0 Å². The second-order valence-corrected chi connectivity index (χ2v) is 16.9. The molecular formula is C48H59N5O6. The molecule has 2 aromatic carbocycles. The number of H-pyrrole nitrogens is 1. The SMILES string of the molecule is C=CCC1=C(c2ccc(-c3ccc(-c4cnc([C@@H]5CCCN5C(=O)[C@@H](C)C5CCOCC5)[nH]4)cc3)cc2)CC([C@@H]2CCCN2C(=O)[C@@H](NC(=O)OC)C2CCOCC2)=C1. The summed E-state index contributed by atoms with van der Waals surface area (Å²) in [4.78, 5) is 52.6. The highest BCUT2D eigenvalue weighted by atomic mass is 16.5. The predicted molar refractivity (Wildman–Crippen MR) is 228 cm³/mol. The monoisotopic (exact) mass is 801 g/mol. The number of nitrogens with zero attached hydrogens (tertiary/aromatic N) is 3. The molecule has 11 heteroatoms. The summed E-state index contributed by atoms with van der Waals surface area (Å²) < 4.78 is 16.0. The van der Waals surface area contributed by atoms with Gasteiger partial charge in [-0.05, 0) is 115 Å². The number of imidazole rings is 1. The molecule has 3 amide bonds. The number of ether oxygens (including phenoxy) is 3. The lowest BCUT2D eigenvalue weighted by atomic mass is 9.86. The second-order valence-electron chi connectivity index (χ2n) is 16.9. The number of carbonyl (C=O) groups excluding carboxylic acids is 3. The number of rotatable bonds is 12. The van der Waals surface area contributed by atoms with E-state index in [-0.39, 0.29) is 35.7 Å². The summed E-state index contributed by atoms with van der Waals surface area (Å²) in [5.74, 6) is 1.45. The van der Waals surface area contributed by atoms with Crippen LogP contribution in [0.2, 0.25) is 0 Å². The molecule has 5 heterocycles. The summed E-state index contributed by atoms with van der Waals surface area (Å²) in [5, 5.41) is 2.88. The topological polar surface area (TPSA) is 126 Å². The molecular weight excluding hydrogens is 743 g/mol. The van der Waals surface area contributed by atoms with Crippen LogP contribution in [0, 0.1) is 17.8 Å². The molecule has 0 bridgehead atoms. The molecule has 1 aliphatic carbocycles. The number of benzene rings is 2. The van der Waals surface area contributed by atoms with Crippen molar-refractivity contribution in [3.05, 3.63) is 96.0 Å². The average Bonchev–Trinajstić information content (AvgIpc) is 4.13. The van der Waals surface area contributed by atoms with Crippen LogP contribution in [0.1, 0.15) is 88.6 Å². The Hall–Kier alpha value is -5.00. The molecule has 59 heavy (non-hydrogen) atoms. The molecule has 0 radical (unpaired) electrons. The zero-order valence-corrected chi connectivity index (χ0v) is 34.6. The largest absolute Gasteiger partial charge is 0.453 e. The van der Waals surface area contributed by atoms with Crippen LogP contribution < -0.4 is 5.32 Å². The third-order valence-corrected chi connectivity index (χ3v) is 13.5. The summed E-state index contributed by atoms with van der Waals surface area (Å²) in [6.45, 7) is 10.2. The van der Waals surface area contributed by atoms with Gasteiger partial charge in [-0.25, -0.2) is 9.78 Å². The van der Waals surface area contributed by atoms with Gasteiger partial charge in [-0.15, -0.1) is 6.58 Å². The maximum atomic E-state index is 14.2. The number of nitrogens with one attached hydrogen (secondary N) is 2. The van der Waals surface area contributed by atoms with E-state index in [9.17, 15) is 14.4 Å². The lowest BCUT2D eigenvalue weighted by Crippen LogP contribution is -2.54. The summed E-state index contributed by atoms with van der Waals surface area (Å²) in [7, 11) is 1.34. The Morgan fingerprint density at radius 1 is 0.831 bits per heavy atom. The van der Waals surface area contributed by atoms with E-state index in [0.29, 0.717) is 25.7 Å². The Morgan fingerprint density at radius 3 is 2.03 bits per heavy atom. The maximum absolute atomic E-state index is 14.2. The number of likely N-dealkylation sites (tertiary alicyclic amines) is 2. The van der Waals surface area contributed by atoms with Crippen LogP contribution in [0.3, 0.4) is 0 Å². The molecule has 4 aliphatic heterocycles. The Bertz CT molecular complexity index is 2040. The number of amides is 3. The fraction of sp³-hybridized carbons (Fsp3) is 0.500. The van der Waals surface area contributed by atoms with Gasteiger partial charge in [0, 0.05) is 45.4 Å². The fourth-order valence-electron chi connectivity index (χ4n) is 10.1. The standard InChI is InChI=1S/C48H59N5O6/c1-4-7-38-28-39(42-8-5-22-52(42)47(55)44(51-48(56)57-3)37-20-26-59-27-21-37)29-40(38)35-14-10-33(11-15-35)34-12-16-36(17-13-34)41-30-49-45(50-41)43-9-6-23-53(43)46(54)31(2)32-18-24-58-25-19-32/h4,10-17,28,30-32,37,42-44H,1,5-9,18-27,29H2,2-3H3,(H,49,50)(H,51,56)/t31-,42-,43-,44-/m0/s1. The van der Waals surface area contributed by atoms with Crippen molar-refractivity contribution >= 4 is 23.5 Å². The highest BCUT2D eigenvalue weighted by Crippen LogP contribution is 2.41. The van der Waals surface area contributed by atoms with Crippen LogP contribution in [0.15, 0.2) is 84.6 Å². The first-order valence-electron chi connectivity index (χ1n) is 21.7. The van der Waals surface area contributed by atoms with E-state index in [2.05, 4.69) is 83.3 Å². The van der Waals surface area contributed by atoms with Gasteiger partial charge in [0.05, 0.1) is 31.1 Å². The van der Waals surface area contributed by atoms with Gasteiger partial charge in [0.2, 0.25) is 11.8 Å². The number of carbonyl (C=O) groups is 3. The van der Waals surface area contributed by atoms with Crippen molar-refractivity contribution in [1.82, 2.24) is 25.1 Å². The van der Waals surface area contributed by atoms with Crippen LogP contribution in [0.25, 0.3) is 28.0 Å². The third kappa shape index (κ3) is 8.82. The molecule has 3 aromatic rings. The van der Waals surface area contributed by atoms with Gasteiger partial charge < -0.3 is 34.3 Å². The van der Waals surface area contributed by atoms with Crippen molar-refractivity contribution in [1.29, 1.82) is 0 Å². The van der Waals surface area contributed by atoms with E-state index in [1.807, 2.05) is 17.2 Å². The molecule has 312 valence electrons. The number of aromatic nitrogens is 2. The molecule has 4 saturated heterocycles. The molecule has 1 aromatic heterocycles. The van der Waals surface area contributed by atoms with Gasteiger partial charge in [0.15, 0.2) is 0 Å². The molecule has 5 aliphatic rings. The average molecular weight is 802 g/mol. The summed E-state index contributed by atoms with van der Waals surface area (Å²) in [6, 6.07) is 16.7. The molecule has 0 saturated carbocycles. The molecule has 0 unspecified atom stereocenters. The first-order valence-corrected chi connectivity index (χ1v) is 21.7. The Morgan fingerprint density at radius 2 is 1.41 bits per heavy atom. The van der Waals surface area contributed by atoms with E-state index in [4.69, 9.17) is 19.2 Å². The van der Waals surface area contributed by atoms with Gasteiger partial charge in [0.1, 0.15) is 11.9 Å². The Balaban J connectivity index is 0.923. The predicted octanol–water partition coefficient (Wildman–Crippen LogP) is 8.27. The van der Waals surface area contributed by atoms with Crippen LogP contribution in [-0.4, -0.2) is 96.4 Å². The first kappa shape index (κ1) is 40.8. The van der Waals surface area contributed by atoms with E-state index < -0.39 is 12.1 Å². The second kappa shape index (κ2) is 18.5. The highest BCUT2D eigenvalue weighted by Gasteiger charge is 2.41. The van der Waals surface area contributed by atoms with Gasteiger partial charge >= 0.3 is 6.09 Å². The molecule has 2 N–H and O–H groups in total. The van der Waals surface area contributed by atoms with Crippen LogP contribution in [-0.2, 0) is 23.8 Å². The molecule has 11 nitrogen and oxygen atoms in total. The Labute approximate surface area is 348 Å². The number of methoxy groups -OCH3 is 1. The number of alkyl carbamates (subject to hydrolysis) is 1. The van der Waals surface area contributed by atoms with Crippen LogP contribution in [0.4, 0.5) is 4.79 Å². The minimum absolute atomic E-state index is 0.00592. The number of hydrogen-bond donors (Lipinski definition) is 2. The van der Waals surface area contributed by atoms with Crippen molar-refractivity contribution in [3.8, 4) is 22.4 Å². The van der Waals surface area contributed by atoms with Crippen LogP contribution >= 0.6 is 0 Å². The highest BCUT2D eigenvalue weighted by molar-refractivity contribution is 5.87. The molecule has 4 atom stereocenters. The summed E-state index contributed by atoms with van der Waals surface area (Å²) >= 11 is 0. The quantitative estimate of drug-likeness (QED) is 0.177. The van der Waals surface area contributed by atoms with E-state index in [0.717, 1.165) is 112 Å². The summed E-state index contributed by atoms with van der Waals surface area (Å²) in [5.41, 5.74) is 9.17. The smallest absolute Gasteiger partial charge is 0.407 e. The minimum Gasteiger partial charge on any atom is -0.453 e. The van der Waals surface area contributed by atoms with E-state index in [1.165, 1.54) is 29.4 Å². The zero-order valence-electron chi connectivity index (χ0n) is 34.6. The van der Waals surface area contributed by atoms with E-state index >= 15 is 0 Å². The van der Waals surface area contributed by atoms with Crippen molar-refractivity contribution in [2.24, 2.45) is 17.8 Å². The Kier molecular flexibility index (Phi) is 12.8. The normalized spacial score (nSPS) is 22.6.